The summed E-state index contributed by atoms with van der Waals surface area (Å²) in [5, 5.41) is 3.52. The van der Waals surface area contributed by atoms with Gasteiger partial charge in [-0.15, -0.1) is 0 Å². The molecule has 0 radical (unpaired) electrons. The Morgan fingerprint density at radius 1 is 1.25 bits per heavy atom. The minimum atomic E-state index is 0.0461. The zero-order chi connectivity index (χ0) is 14.1. The molecule has 1 aromatic heterocycles. The second kappa shape index (κ2) is 5.13. The molecule has 20 heavy (non-hydrogen) atoms. The largest absolute Gasteiger partial charge is 0.398 e. The van der Waals surface area contributed by atoms with Crippen LogP contribution in [0.2, 0.25) is 0 Å². The predicted molar refractivity (Wildman–Crippen MR) is 78.7 cm³/mol. The third-order valence-corrected chi connectivity index (χ3v) is 4.06. The maximum atomic E-state index is 11.4. The summed E-state index contributed by atoms with van der Waals surface area (Å²) >= 11 is 1.40. The highest BCUT2D eigenvalue weighted by Crippen LogP contribution is 2.35. The first-order valence-electron chi connectivity index (χ1n) is 6.30. The molecule has 2 heterocycles. The van der Waals surface area contributed by atoms with E-state index >= 15 is 0 Å². The third-order valence-electron chi connectivity index (χ3n) is 3.09. The minimum absolute atomic E-state index is 0.0461. The monoisotopic (exact) mass is 286 g/mol. The number of aromatic nitrogens is 2. The molecule has 3 rings (SSSR count). The van der Waals surface area contributed by atoms with E-state index in [0.717, 1.165) is 28.1 Å². The van der Waals surface area contributed by atoms with Gasteiger partial charge >= 0.3 is 0 Å². The fraction of sp³-hybridized carbons (Fsp3) is 0.214. The summed E-state index contributed by atoms with van der Waals surface area (Å²) in [7, 11) is 0. The molecular weight excluding hydrogens is 272 g/mol. The number of nitrogens with one attached hydrogen (secondary N) is 1. The molecule has 0 saturated heterocycles. The van der Waals surface area contributed by atoms with Crippen molar-refractivity contribution in [2.45, 2.75) is 29.8 Å². The Labute approximate surface area is 121 Å². The Bertz CT molecular complexity index is 670. The molecule has 2 aromatic rings. The van der Waals surface area contributed by atoms with Crippen LogP contribution in [0.25, 0.3) is 0 Å². The number of carbonyl (C=O) groups excluding carboxylic acids is 1. The van der Waals surface area contributed by atoms with Crippen LogP contribution in [0.3, 0.4) is 0 Å². The van der Waals surface area contributed by atoms with Crippen LogP contribution in [-0.2, 0) is 11.2 Å². The molecule has 0 unspecified atom stereocenters. The SMILES string of the molecule is Cc1cnc(Sc2cc3c(cc2N)CCC(=O)N3)nc1. The summed E-state index contributed by atoms with van der Waals surface area (Å²) in [6.07, 6.45) is 4.79. The lowest BCUT2D eigenvalue weighted by Gasteiger charge is -2.18. The number of anilines is 2. The Morgan fingerprint density at radius 2 is 2.00 bits per heavy atom. The molecule has 6 heteroatoms. The lowest BCUT2D eigenvalue weighted by Crippen LogP contribution is -2.19. The van der Waals surface area contributed by atoms with E-state index in [-0.39, 0.29) is 5.91 Å². The molecule has 0 aliphatic carbocycles. The number of benzene rings is 1. The van der Waals surface area contributed by atoms with Crippen molar-refractivity contribution in [2.24, 2.45) is 0 Å². The zero-order valence-corrected chi connectivity index (χ0v) is 11.8. The van der Waals surface area contributed by atoms with Gasteiger partial charge in [-0.05, 0) is 48.4 Å². The Kier molecular flexibility index (Phi) is 3.31. The van der Waals surface area contributed by atoms with E-state index in [1.165, 1.54) is 11.8 Å². The Balaban J connectivity index is 1.91. The van der Waals surface area contributed by atoms with E-state index in [2.05, 4.69) is 15.3 Å². The van der Waals surface area contributed by atoms with Crippen LogP contribution >= 0.6 is 11.8 Å². The third kappa shape index (κ3) is 2.60. The molecule has 5 nitrogen and oxygen atoms in total. The number of nitrogen functional groups attached to an aromatic ring is 1. The smallest absolute Gasteiger partial charge is 0.224 e. The molecule has 1 amide bonds. The van der Waals surface area contributed by atoms with E-state index in [1.807, 2.05) is 19.1 Å². The highest BCUT2D eigenvalue weighted by atomic mass is 32.2. The standard InChI is InChI=1S/C14H14N4OS/c1-8-6-16-14(17-7-8)20-12-5-11-9(4-10(12)15)2-3-13(19)18-11/h4-7H,2-3,15H2,1H3,(H,18,19). The summed E-state index contributed by atoms with van der Waals surface area (Å²) in [6, 6.07) is 3.82. The summed E-state index contributed by atoms with van der Waals surface area (Å²) in [6.45, 7) is 1.94. The number of nitrogens with zero attached hydrogens (tertiary/aromatic N) is 2. The molecular formula is C14H14N4OS. The summed E-state index contributed by atoms with van der Waals surface area (Å²) in [5.41, 5.74) is 9.69. The summed E-state index contributed by atoms with van der Waals surface area (Å²) < 4.78 is 0. The van der Waals surface area contributed by atoms with Crippen molar-refractivity contribution < 1.29 is 4.79 Å². The molecule has 1 aliphatic rings. The maximum Gasteiger partial charge on any atom is 0.224 e. The van der Waals surface area contributed by atoms with Crippen LogP contribution in [-0.4, -0.2) is 15.9 Å². The molecule has 1 aliphatic heterocycles. The quantitative estimate of drug-likeness (QED) is 0.654. The second-order valence-electron chi connectivity index (χ2n) is 4.74. The van der Waals surface area contributed by atoms with Crippen LogP contribution in [0.4, 0.5) is 11.4 Å². The molecule has 0 atom stereocenters. The molecule has 0 saturated carbocycles. The average Bonchev–Trinajstić information content (AvgIpc) is 2.42. The fourth-order valence-corrected chi connectivity index (χ4v) is 2.81. The van der Waals surface area contributed by atoms with E-state index in [0.29, 0.717) is 17.3 Å². The first kappa shape index (κ1) is 12.9. The molecule has 0 spiro atoms. The van der Waals surface area contributed by atoms with Gasteiger partial charge in [-0.2, -0.15) is 0 Å². The highest BCUT2D eigenvalue weighted by Gasteiger charge is 2.17. The number of amides is 1. The lowest BCUT2D eigenvalue weighted by atomic mass is 10.0. The molecule has 102 valence electrons. The maximum absolute atomic E-state index is 11.4. The number of hydrogen-bond acceptors (Lipinski definition) is 5. The van der Waals surface area contributed by atoms with E-state index in [4.69, 9.17) is 5.73 Å². The van der Waals surface area contributed by atoms with Crippen molar-refractivity contribution in [2.75, 3.05) is 11.1 Å². The highest BCUT2D eigenvalue weighted by molar-refractivity contribution is 7.99. The van der Waals surface area contributed by atoms with Crippen molar-refractivity contribution in [3.63, 3.8) is 0 Å². The van der Waals surface area contributed by atoms with Crippen LogP contribution in [0.15, 0.2) is 34.6 Å². The van der Waals surface area contributed by atoms with Gasteiger partial charge in [0.25, 0.3) is 0 Å². The van der Waals surface area contributed by atoms with Gasteiger partial charge in [0.15, 0.2) is 5.16 Å². The van der Waals surface area contributed by atoms with Crippen molar-refractivity contribution in [1.29, 1.82) is 0 Å². The number of aryl methyl sites for hydroxylation is 2. The van der Waals surface area contributed by atoms with Gasteiger partial charge in [-0.1, -0.05) is 0 Å². The first-order chi connectivity index (χ1) is 9.61. The van der Waals surface area contributed by atoms with E-state index < -0.39 is 0 Å². The van der Waals surface area contributed by atoms with Gasteiger partial charge in [-0.3, -0.25) is 4.79 Å². The van der Waals surface area contributed by atoms with E-state index in [1.54, 1.807) is 12.4 Å². The molecule has 3 N–H and O–H groups in total. The van der Waals surface area contributed by atoms with Crippen molar-refractivity contribution in [3.8, 4) is 0 Å². The molecule has 0 bridgehead atoms. The van der Waals surface area contributed by atoms with Gasteiger partial charge < -0.3 is 11.1 Å². The Hall–Kier alpha value is -2.08. The summed E-state index contributed by atoms with van der Waals surface area (Å²) in [4.78, 5) is 20.8. The van der Waals surface area contributed by atoms with E-state index in [9.17, 15) is 4.79 Å². The van der Waals surface area contributed by atoms with Gasteiger partial charge in [0, 0.05) is 35.1 Å². The van der Waals surface area contributed by atoms with Crippen molar-refractivity contribution in [1.82, 2.24) is 9.97 Å². The zero-order valence-electron chi connectivity index (χ0n) is 11.0. The first-order valence-corrected chi connectivity index (χ1v) is 7.12. The average molecular weight is 286 g/mol. The number of rotatable bonds is 2. The second-order valence-corrected chi connectivity index (χ2v) is 5.75. The van der Waals surface area contributed by atoms with Gasteiger partial charge in [0.2, 0.25) is 5.91 Å². The fourth-order valence-electron chi connectivity index (χ4n) is 2.05. The van der Waals surface area contributed by atoms with Gasteiger partial charge in [0.05, 0.1) is 0 Å². The minimum Gasteiger partial charge on any atom is -0.398 e. The van der Waals surface area contributed by atoms with Gasteiger partial charge in [0.1, 0.15) is 0 Å². The predicted octanol–water partition coefficient (Wildman–Crippen LogP) is 2.40. The number of hydrogen-bond donors (Lipinski definition) is 2. The van der Waals surface area contributed by atoms with Crippen molar-refractivity contribution in [3.05, 3.63) is 35.7 Å². The summed E-state index contributed by atoms with van der Waals surface area (Å²) in [5.74, 6) is 0.0461. The number of carbonyl (C=O) groups is 1. The number of nitrogens with two attached hydrogens (primary N) is 1. The van der Waals surface area contributed by atoms with Crippen LogP contribution < -0.4 is 11.1 Å². The number of fused-ring (bicyclic) bond motifs is 1. The lowest BCUT2D eigenvalue weighted by molar-refractivity contribution is -0.116. The molecule has 1 aromatic carbocycles. The van der Waals surface area contributed by atoms with Crippen LogP contribution in [0.5, 0.6) is 0 Å². The van der Waals surface area contributed by atoms with Crippen LogP contribution in [0, 0.1) is 6.92 Å². The Morgan fingerprint density at radius 3 is 2.75 bits per heavy atom. The normalized spacial score (nSPS) is 13.8. The topological polar surface area (TPSA) is 80.9 Å². The van der Waals surface area contributed by atoms with Crippen molar-refractivity contribution >= 4 is 29.0 Å². The molecule has 0 fully saturated rings. The van der Waals surface area contributed by atoms with Crippen LogP contribution in [0.1, 0.15) is 17.5 Å². The van der Waals surface area contributed by atoms with Gasteiger partial charge in [-0.25, -0.2) is 9.97 Å².